The Morgan fingerprint density at radius 3 is 2.37 bits per heavy atom. The lowest BCUT2D eigenvalue weighted by atomic mass is 10.1. The van der Waals surface area contributed by atoms with Gasteiger partial charge in [0.1, 0.15) is 11.5 Å². The van der Waals surface area contributed by atoms with Gasteiger partial charge >= 0.3 is 12.1 Å². The Bertz CT molecular complexity index is 631. The molecule has 0 unspecified atom stereocenters. The van der Waals surface area contributed by atoms with E-state index in [0.29, 0.717) is 11.1 Å². The van der Waals surface area contributed by atoms with Gasteiger partial charge in [-0.2, -0.15) is 0 Å². The number of carbonyl (C=O) groups is 2. The minimum atomic E-state index is -1.30. The summed E-state index contributed by atoms with van der Waals surface area (Å²) in [6.45, 7) is 0. The summed E-state index contributed by atoms with van der Waals surface area (Å²) in [4.78, 5) is 22.5. The monoisotopic (exact) mass is 263 g/mol. The molecule has 1 heterocycles. The Morgan fingerprint density at radius 1 is 1.21 bits per heavy atom. The molecule has 1 N–H and O–H groups in total. The fourth-order valence-corrected chi connectivity index (χ4v) is 1.68. The number of ether oxygens (including phenoxy) is 1. The Balaban J connectivity index is 2.51. The van der Waals surface area contributed by atoms with Gasteiger partial charge in [-0.05, 0) is 23.8 Å². The van der Waals surface area contributed by atoms with Crippen LogP contribution in [0.15, 0.2) is 36.5 Å². The van der Waals surface area contributed by atoms with Crippen molar-refractivity contribution in [3.63, 3.8) is 0 Å². The summed E-state index contributed by atoms with van der Waals surface area (Å²) in [5.41, 5.74) is 0.990. The van der Waals surface area contributed by atoms with Gasteiger partial charge in [0.2, 0.25) is 0 Å². The average molecular weight is 263 g/mol. The first-order chi connectivity index (χ1) is 9.02. The van der Waals surface area contributed by atoms with Crippen molar-refractivity contribution in [2.45, 2.75) is 0 Å². The molecule has 0 atom stereocenters. The van der Waals surface area contributed by atoms with Crippen LogP contribution < -0.4 is 0 Å². The van der Waals surface area contributed by atoms with E-state index in [-0.39, 0.29) is 5.69 Å². The number of halogens is 1. The highest BCUT2D eigenvalue weighted by Gasteiger charge is 2.18. The first kappa shape index (κ1) is 12.8. The van der Waals surface area contributed by atoms with Crippen LogP contribution in [0.2, 0.25) is 0 Å². The van der Waals surface area contributed by atoms with Crippen molar-refractivity contribution in [1.29, 1.82) is 0 Å². The quantitative estimate of drug-likeness (QED) is 0.845. The standard InChI is InChI=1S/C13H10FNO4/c1-19-12(16)11-6-9(7-15(11)13(17)18)8-2-4-10(14)5-3-8/h2-7H,1H3,(H,17,18). The van der Waals surface area contributed by atoms with Crippen LogP contribution in [0.4, 0.5) is 9.18 Å². The minimum Gasteiger partial charge on any atom is -0.464 e. The number of esters is 1. The molecule has 1 aromatic heterocycles. The molecular weight excluding hydrogens is 253 g/mol. The summed E-state index contributed by atoms with van der Waals surface area (Å²) >= 11 is 0. The first-order valence-corrected chi connectivity index (χ1v) is 5.33. The Labute approximate surface area is 107 Å². The van der Waals surface area contributed by atoms with Crippen LogP contribution >= 0.6 is 0 Å². The zero-order valence-corrected chi connectivity index (χ0v) is 9.96. The third-order valence-electron chi connectivity index (χ3n) is 2.60. The predicted octanol–water partition coefficient (Wildman–Crippen LogP) is 2.61. The molecular formula is C13H10FNO4. The van der Waals surface area contributed by atoms with Gasteiger partial charge in [-0.25, -0.2) is 18.5 Å². The molecule has 0 radical (unpaired) electrons. The maximum absolute atomic E-state index is 12.8. The van der Waals surface area contributed by atoms with Crippen molar-refractivity contribution in [2.24, 2.45) is 0 Å². The first-order valence-electron chi connectivity index (χ1n) is 5.33. The van der Waals surface area contributed by atoms with E-state index < -0.39 is 17.9 Å². The summed E-state index contributed by atoms with van der Waals surface area (Å²) in [5.74, 6) is -1.15. The molecule has 0 aliphatic carbocycles. The summed E-state index contributed by atoms with van der Waals surface area (Å²) in [5, 5.41) is 9.01. The highest BCUT2D eigenvalue weighted by Crippen LogP contribution is 2.23. The van der Waals surface area contributed by atoms with E-state index in [4.69, 9.17) is 5.11 Å². The lowest BCUT2D eigenvalue weighted by Crippen LogP contribution is -2.15. The maximum atomic E-state index is 12.8. The molecule has 0 aliphatic heterocycles. The van der Waals surface area contributed by atoms with Gasteiger partial charge in [0.25, 0.3) is 0 Å². The number of rotatable bonds is 2. The highest BCUT2D eigenvalue weighted by atomic mass is 19.1. The molecule has 19 heavy (non-hydrogen) atoms. The molecule has 0 spiro atoms. The Morgan fingerprint density at radius 2 is 1.84 bits per heavy atom. The number of aromatic nitrogens is 1. The third-order valence-corrected chi connectivity index (χ3v) is 2.60. The number of carbonyl (C=O) groups excluding carboxylic acids is 1. The minimum absolute atomic E-state index is 0.102. The fourth-order valence-electron chi connectivity index (χ4n) is 1.68. The molecule has 0 amide bonds. The SMILES string of the molecule is COC(=O)c1cc(-c2ccc(F)cc2)cn1C(=O)O. The summed E-state index contributed by atoms with van der Waals surface area (Å²) in [6.07, 6.45) is -0.0179. The molecule has 1 aromatic carbocycles. The van der Waals surface area contributed by atoms with Crippen LogP contribution in [0.1, 0.15) is 10.5 Å². The number of nitrogens with zero attached hydrogens (tertiary/aromatic N) is 1. The molecule has 0 saturated heterocycles. The Hall–Kier alpha value is -2.63. The molecule has 0 fully saturated rings. The van der Waals surface area contributed by atoms with Crippen LogP contribution in [0.25, 0.3) is 11.1 Å². The maximum Gasteiger partial charge on any atom is 0.416 e. The second kappa shape index (κ2) is 4.93. The van der Waals surface area contributed by atoms with Gasteiger partial charge in [-0.15, -0.1) is 0 Å². The number of methoxy groups -OCH3 is 1. The lowest BCUT2D eigenvalue weighted by Gasteiger charge is -2.00. The van der Waals surface area contributed by atoms with Crippen LogP contribution in [0.3, 0.4) is 0 Å². The van der Waals surface area contributed by atoms with E-state index in [0.717, 1.165) is 4.57 Å². The highest BCUT2D eigenvalue weighted by molar-refractivity contribution is 5.93. The molecule has 6 heteroatoms. The van der Waals surface area contributed by atoms with Crippen molar-refractivity contribution in [3.8, 4) is 11.1 Å². The van der Waals surface area contributed by atoms with Crippen molar-refractivity contribution in [3.05, 3.63) is 48.0 Å². The van der Waals surface area contributed by atoms with E-state index in [1.54, 1.807) is 0 Å². The van der Waals surface area contributed by atoms with Crippen LogP contribution in [-0.4, -0.2) is 28.8 Å². The summed E-state index contributed by atoms with van der Waals surface area (Å²) in [7, 11) is 1.17. The normalized spacial score (nSPS) is 10.2. The zero-order chi connectivity index (χ0) is 14.0. The van der Waals surface area contributed by atoms with E-state index in [1.165, 1.54) is 43.6 Å². The third kappa shape index (κ3) is 2.47. The van der Waals surface area contributed by atoms with Crippen LogP contribution in [0.5, 0.6) is 0 Å². The molecule has 0 saturated carbocycles. The van der Waals surface area contributed by atoms with Gasteiger partial charge in [-0.3, -0.25) is 0 Å². The molecule has 0 aliphatic rings. The van der Waals surface area contributed by atoms with Crippen molar-refractivity contribution in [2.75, 3.05) is 7.11 Å². The van der Waals surface area contributed by atoms with E-state index in [9.17, 15) is 14.0 Å². The second-order valence-corrected chi connectivity index (χ2v) is 3.77. The number of carboxylic acid groups (broad SMARTS) is 1. The number of hydrogen-bond acceptors (Lipinski definition) is 3. The van der Waals surface area contributed by atoms with Gasteiger partial charge in [-0.1, -0.05) is 12.1 Å². The molecule has 2 rings (SSSR count). The van der Waals surface area contributed by atoms with Crippen molar-refractivity contribution in [1.82, 2.24) is 4.57 Å². The van der Waals surface area contributed by atoms with Crippen LogP contribution in [-0.2, 0) is 4.74 Å². The zero-order valence-electron chi connectivity index (χ0n) is 9.96. The van der Waals surface area contributed by atoms with E-state index >= 15 is 0 Å². The smallest absolute Gasteiger partial charge is 0.416 e. The second-order valence-electron chi connectivity index (χ2n) is 3.77. The van der Waals surface area contributed by atoms with Crippen molar-refractivity contribution >= 4 is 12.1 Å². The van der Waals surface area contributed by atoms with Gasteiger partial charge in [0.15, 0.2) is 0 Å². The van der Waals surface area contributed by atoms with Crippen LogP contribution in [0, 0.1) is 5.82 Å². The Kier molecular flexibility index (Phi) is 3.33. The summed E-state index contributed by atoms with van der Waals surface area (Å²) < 4.78 is 18.1. The largest absolute Gasteiger partial charge is 0.464 e. The topological polar surface area (TPSA) is 68.5 Å². The fraction of sp³-hybridized carbons (Fsp3) is 0.0769. The molecule has 5 nitrogen and oxygen atoms in total. The number of benzene rings is 1. The molecule has 0 bridgehead atoms. The van der Waals surface area contributed by atoms with E-state index in [2.05, 4.69) is 4.74 Å². The molecule has 2 aromatic rings. The van der Waals surface area contributed by atoms with Gasteiger partial charge in [0, 0.05) is 11.8 Å². The predicted molar refractivity (Wildman–Crippen MR) is 64.6 cm³/mol. The van der Waals surface area contributed by atoms with Crippen molar-refractivity contribution < 1.29 is 23.8 Å². The van der Waals surface area contributed by atoms with Gasteiger partial charge in [0.05, 0.1) is 7.11 Å². The lowest BCUT2D eigenvalue weighted by molar-refractivity contribution is 0.0588. The van der Waals surface area contributed by atoms with Gasteiger partial charge < -0.3 is 9.84 Å². The van der Waals surface area contributed by atoms with E-state index in [1.807, 2.05) is 0 Å². The number of hydrogen-bond donors (Lipinski definition) is 1. The summed E-state index contributed by atoms with van der Waals surface area (Å²) in [6, 6.07) is 6.89. The average Bonchev–Trinajstić information content (AvgIpc) is 2.84. The molecule has 98 valence electrons.